The maximum absolute atomic E-state index is 12.7. The Morgan fingerprint density at radius 3 is 2.77 bits per heavy atom. The van der Waals surface area contributed by atoms with Crippen molar-refractivity contribution in [3.63, 3.8) is 0 Å². The van der Waals surface area contributed by atoms with E-state index in [9.17, 15) is 4.79 Å². The number of benzene rings is 1. The second-order valence-electron chi connectivity index (χ2n) is 9.20. The Labute approximate surface area is 177 Å². The summed E-state index contributed by atoms with van der Waals surface area (Å²) in [6, 6.07) is 6.46. The quantitative estimate of drug-likeness (QED) is 0.710. The van der Waals surface area contributed by atoms with E-state index >= 15 is 0 Å². The number of hydrogen-bond donors (Lipinski definition) is 0. The Hall–Kier alpha value is -2.38. The SMILES string of the molecule is CO[C@H]1CN(C(=O)OC(C)(C)C)CC2CCOc3cc4cc(C)cnc4cc3CN21. The first-order valence-electron chi connectivity index (χ1n) is 10.5. The summed E-state index contributed by atoms with van der Waals surface area (Å²) in [4.78, 5) is 21.3. The van der Waals surface area contributed by atoms with Crippen molar-refractivity contribution in [2.75, 3.05) is 26.8 Å². The zero-order valence-corrected chi connectivity index (χ0v) is 18.5. The summed E-state index contributed by atoms with van der Waals surface area (Å²) in [5, 5.41) is 1.09. The Morgan fingerprint density at radius 2 is 2.03 bits per heavy atom. The van der Waals surface area contributed by atoms with E-state index in [0.717, 1.165) is 34.2 Å². The molecule has 0 radical (unpaired) electrons. The molecule has 2 atom stereocenters. The van der Waals surface area contributed by atoms with Gasteiger partial charge in [0.1, 0.15) is 17.6 Å². The summed E-state index contributed by atoms with van der Waals surface area (Å²) in [5.41, 5.74) is 2.66. The van der Waals surface area contributed by atoms with Crippen LogP contribution in [0, 0.1) is 6.92 Å². The number of hydrogen-bond acceptors (Lipinski definition) is 6. The maximum Gasteiger partial charge on any atom is 0.410 e. The normalized spacial score (nSPS) is 22.5. The smallest absolute Gasteiger partial charge is 0.410 e. The zero-order valence-electron chi connectivity index (χ0n) is 18.5. The van der Waals surface area contributed by atoms with Crippen LogP contribution in [0.3, 0.4) is 0 Å². The third-order valence-electron chi connectivity index (χ3n) is 5.63. The molecule has 0 aliphatic carbocycles. The molecule has 1 unspecified atom stereocenters. The lowest BCUT2D eigenvalue weighted by Gasteiger charge is -2.46. The summed E-state index contributed by atoms with van der Waals surface area (Å²) in [5.74, 6) is 0.901. The fraction of sp³-hybridized carbons (Fsp3) is 0.565. The van der Waals surface area contributed by atoms with Crippen molar-refractivity contribution in [3.05, 3.63) is 35.5 Å². The molecule has 0 saturated carbocycles. The van der Waals surface area contributed by atoms with E-state index in [1.54, 1.807) is 12.0 Å². The average Bonchev–Trinajstić information content (AvgIpc) is 2.66. The van der Waals surface area contributed by atoms with Crippen molar-refractivity contribution in [2.45, 2.75) is 58.5 Å². The maximum atomic E-state index is 12.7. The molecule has 2 aliphatic heterocycles. The molecule has 2 aliphatic rings. The molecule has 7 nitrogen and oxygen atoms in total. The highest BCUT2D eigenvalue weighted by Gasteiger charge is 2.39. The van der Waals surface area contributed by atoms with Crippen LogP contribution in [0.5, 0.6) is 5.75 Å². The predicted octanol–water partition coefficient (Wildman–Crippen LogP) is 3.72. The van der Waals surface area contributed by atoms with Gasteiger partial charge in [0.2, 0.25) is 0 Å². The number of methoxy groups -OCH3 is 1. The second-order valence-corrected chi connectivity index (χ2v) is 9.20. The van der Waals surface area contributed by atoms with Gasteiger partial charge >= 0.3 is 6.09 Å². The van der Waals surface area contributed by atoms with Gasteiger partial charge in [-0.3, -0.25) is 9.88 Å². The largest absolute Gasteiger partial charge is 0.493 e. The lowest BCUT2D eigenvalue weighted by molar-refractivity contribution is -0.117. The van der Waals surface area contributed by atoms with Crippen molar-refractivity contribution in [3.8, 4) is 5.75 Å². The lowest BCUT2D eigenvalue weighted by atomic mass is 10.0. The molecule has 1 saturated heterocycles. The van der Waals surface area contributed by atoms with E-state index in [1.807, 2.05) is 33.9 Å². The summed E-state index contributed by atoms with van der Waals surface area (Å²) in [6.07, 6.45) is 2.20. The van der Waals surface area contributed by atoms with Gasteiger partial charge in [-0.1, -0.05) is 0 Å². The van der Waals surface area contributed by atoms with Gasteiger partial charge in [-0.25, -0.2) is 4.79 Å². The summed E-state index contributed by atoms with van der Waals surface area (Å²) in [7, 11) is 1.70. The Bertz CT molecular complexity index is 940. The number of pyridine rings is 1. The van der Waals surface area contributed by atoms with E-state index in [1.165, 1.54) is 0 Å². The van der Waals surface area contributed by atoms with Crippen LogP contribution >= 0.6 is 0 Å². The van der Waals surface area contributed by atoms with Crippen molar-refractivity contribution in [1.29, 1.82) is 0 Å². The fourth-order valence-corrected chi connectivity index (χ4v) is 4.20. The summed E-state index contributed by atoms with van der Waals surface area (Å²) >= 11 is 0. The van der Waals surface area contributed by atoms with Crippen molar-refractivity contribution in [2.24, 2.45) is 0 Å². The van der Waals surface area contributed by atoms with E-state index in [-0.39, 0.29) is 18.4 Å². The first-order valence-corrected chi connectivity index (χ1v) is 10.5. The Morgan fingerprint density at radius 1 is 1.23 bits per heavy atom. The van der Waals surface area contributed by atoms with Gasteiger partial charge in [0.15, 0.2) is 0 Å². The van der Waals surface area contributed by atoms with Crippen molar-refractivity contribution in [1.82, 2.24) is 14.8 Å². The topological polar surface area (TPSA) is 64.1 Å². The zero-order chi connectivity index (χ0) is 21.5. The number of carbonyl (C=O) groups is 1. The minimum Gasteiger partial charge on any atom is -0.493 e. The second kappa shape index (κ2) is 8.04. The molecule has 1 fully saturated rings. The third-order valence-corrected chi connectivity index (χ3v) is 5.63. The standard InChI is InChI=1S/C23H31N3O4/c1-15-8-16-10-20-17(9-19(16)24-11-15)12-26-18(6-7-29-20)13-25(14-21(26)28-5)22(27)30-23(2,3)4/h8-11,18,21H,6-7,12-14H2,1-5H3/t18?,21-/m0/s1. The highest BCUT2D eigenvalue weighted by Crippen LogP contribution is 2.32. The molecule has 3 heterocycles. The minimum absolute atomic E-state index is 0.131. The van der Waals surface area contributed by atoms with Gasteiger partial charge in [0.05, 0.1) is 18.7 Å². The number of carbonyl (C=O) groups excluding carboxylic acids is 1. The highest BCUT2D eigenvalue weighted by atomic mass is 16.6. The van der Waals surface area contributed by atoms with Crippen molar-refractivity contribution < 1.29 is 19.0 Å². The molecule has 1 amide bonds. The van der Waals surface area contributed by atoms with Crippen LogP contribution in [0.25, 0.3) is 10.9 Å². The molecule has 0 N–H and O–H groups in total. The predicted molar refractivity (Wildman–Crippen MR) is 115 cm³/mol. The molecular formula is C23H31N3O4. The number of fused-ring (bicyclic) bond motifs is 3. The Balaban J connectivity index is 1.60. The molecule has 7 heteroatoms. The summed E-state index contributed by atoms with van der Waals surface area (Å²) in [6.45, 7) is 10.0. The highest BCUT2D eigenvalue weighted by molar-refractivity contribution is 5.82. The minimum atomic E-state index is -0.522. The monoisotopic (exact) mass is 413 g/mol. The van der Waals surface area contributed by atoms with Crippen LogP contribution in [0.15, 0.2) is 24.4 Å². The molecule has 0 bridgehead atoms. The third kappa shape index (κ3) is 4.37. The van der Waals surface area contributed by atoms with Crippen LogP contribution < -0.4 is 4.74 Å². The average molecular weight is 414 g/mol. The number of amides is 1. The molecular weight excluding hydrogens is 382 g/mol. The number of piperazine rings is 1. The van der Waals surface area contributed by atoms with E-state index in [4.69, 9.17) is 14.2 Å². The van der Waals surface area contributed by atoms with Crippen LogP contribution in [0.4, 0.5) is 4.79 Å². The molecule has 1 aromatic heterocycles. The van der Waals surface area contributed by atoms with Gasteiger partial charge in [-0.05, 0) is 57.9 Å². The molecule has 2 aromatic rings. The van der Waals surface area contributed by atoms with E-state index < -0.39 is 5.60 Å². The molecule has 162 valence electrons. The molecule has 0 spiro atoms. The van der Waals surface area contributed by atoms with Crippen LogP contribution in [0.1, 0.15) is 38.3 Å². The molecule has 1 aromatic carbocycles. The number of aryl methyl sites for hydroxylation is 1. The number of rotatable bonds is 1. The lowest BCUT2D eigenvalue weighted by Crippen LogP contribution is -2.61. The molecule has 30 heavy (non-hydrogen) atoms. The van der Waals surface area contributed by atoms with E-state index in [2.05, 4.69) is 28.1 Å². The van der Waals surface area contributed by atoms with Gasteiger partial charge in [0.25, 0.3) is 0 Å². The van der Waals surface area contributed by atoms with Gasteiger partial charge in [-0.15, -0.1) is 0 Å². The van der Waals surface area contributed by atoms with Crippen LogP contribution in [-0.4, -0.2) is 65.6 Å². The van der Waals surface area contributed by atoms with Crippen LogP contribution in [-0.2, 0) is 16.0 Å². The summed E-state index contributed by atoms with van der Waals surface area (Å²) < 4.78 is 17.5. The Kier molecular flexibility index (Phi) is 5.59. The van der Waals surface area contributed by atoms with Gasteiger partial charge in [0, 0.05) is 43.4 Å². The van der Waals surface area contributed by atoms with Crippen LogP contribution in [0.2, 0.25) is 0 Å². The first kappa shape index (κ1) is 20.9. The van der Waals surface area contributed by atoms with Gasteiger partial charge < -0.3 is 19.1 Å². The number of ether oxygens (including phenoxy) is 3. The van der Waals surface area contributed by atoms with Gasteiger partial charge in [-0.2, -0.15) is 0 Å². The van der Waals surface area contributed by atoms with Crippen molar-refractivity contribution >= 4 is 17.0 Å². The molecule has 4 rings (SSSR count). The number of nitrogens with zero attached hydrogens (tertiary/aromatic N) is 3. The number of aromatic nitrogens is 1. The fourth-order valence-electron chi connectivity index (χ4n) is 4.20. The first-order chi connectivity index (χ1) is 14.2. The van der Waals surface area contributed by atoms with E-state index in [0.29, 0.717) is 26.2 Å².